The van der Waals surface area contributed by atoms with Crippen LogP contribution in [-0.4, -0.2) is 49.4 Å². The third kappa shape index (κ3) is 6.16. The number of nitrogens with one attached hydrogen (secondary N) is 2. The van der Waals surface area contributed by atoms with Crippen molar-refractivity contribution in [3.63, 3.8) is 0 Å². The Hall–Kier alpha value is -3.21. The summed E-state index contributed by atoms with van der Waals surface area (Å²) in [4.78, 5) is 31.8. The minimum atomic E-state index is -0.461. The van der Waals surface area contributed by atoms with E-state index >= 15 is 0 Å². The van der Waals surface area contributed by atoms with Crippen LogP contribution in [0.2, 0.25) is 0 Å². The first-order chi connectivity index (χ1) is 15.5. The number of thioether (sulfide) groups is 1. The van der Waals surface area contributed by atoms with Gasteiger partial charge in [-0.15, -0.1) is 0 Å². The molecule has 0 aliphatic carbocycles. The van der Waals surface area contributed by atoms with Crippen molar-refractivity contribution in [2.75, 3.05) is 24.2 Å². The molecule has 2 aromatic heterocycles. The van der Waals surface area contributed by atoms with E-state index in [2.05, 4.69) is 39.5 Å². The molecule has 170 valence electrons. The Balaban J connectivity index is 1.63. The maximum absolute atomic E-state index is 12.3. The van der Waals surface area contributed by atoms with Gasteiger partial charge < -0.3 is 10.6 Å². The van der Waals surface area contributed by atoms with E-state index in [1.165, 1.54) is 12.1 Å². The molecule has 0 saturated heterocycles. The number of benzene rings is 1. The Morgan fingerprint density at radius 3 is 2.62 bits per heavy atom. The van der Waals surface area contributed by atoms with E-state index in [1.807, 2.05) is 0 Å². The fraction of sp³-hybridized carbons (Fsp3) is 0.429. The van der Waals surface area contributed by atoms with Crippen molar-refractivity contribution in [3.8, 4) is 0 Å². The summed E-state index contributed by atoms with van der Waals surface area (Å²) in [6.07, 6.45) is 3.92. The van der Waals surface area contributed by atoms with Crippen molar-refractivity contribution < 1.29 is 9.72 Å². The lowest BCUT2D eigenvalue weighted by atomic mass is 10.1. The van der Waals surface area contributed by atoms with Crippen LogP contribution in [-0.2, 0) is 17.8 Å². The molecule has 0 aliphatic rings. The van der Waals surface area contributed by atoms with Crippen LogP contribution in [0.15, 0.2) is 35.6 Å². The second-order valence-corrected chi connectivity index (χ2v) is 8.25. The van der Waals surface area contributed by atoms with E-state index < -0.39 is 4.92 Å². The minimum Gasteiger partial charge on any atom is -0.369 e. The van der Waals surface area contributed by atoms with E-state index in [9.17, 15) is 14.9 Å². The quantitative estimate of drug-likeness (QED) is 0.183. The predicted molar refractivity (Wildman–Crippen MR) is 125 cm³/mol. The standard InChI is InChI=1S/C21H27N7O3S/c1-3-9-23-19-17-14-24-27(20(17)26-21(25-19)32-12-4-2)11-10-22-18(29)13-15-5-7-16(8-6-15)28(30)31/h5-8,14H,3-4,9-13H2,1-2H3,(H,22,29)(H,23,25,26). The van der Waals surface area contributed by atoms with E-state index in [4.69, 9.17) is 0 Å². The molecule has 2 N–H and O–H groups in total. The SMILES string of the molecule is CCCNc1nc(SCCC)nc2c1cnn2CCNC(=O)Cc1ccc([N+](=O)[O-])cc1. The molecule has 1 aromatic carbocycles. The molecule has 1 amide bonds. The van der Waals surface area contributed by atoms with Crippen molar-refractivity contribution in [2.45, 2.75) is 44.8 Å². The summed E-state index contributed by atoms with van der Waals surface area (Å²) in [5, 5.41) is 23.0. The highest BCUT2D eigenvalue weighted by molar-refractivity contribution is 7.99. The van der Waals surface area contributed by atoms with Gasteiger partial charge in [0.25, 0.3) is 5.69 Å². The first-order valence-corrected chi connectivity index (χ1v) is 11.6. The third-order valence-corrected chi connectivity index (χ3v) is 5.66. The van der Waals surface area contributed by atoms with E-state index in [0.717, 1.165) is 47.6 Å². The molecule has 0 spiro atoms. The lowest BCUT2D eigenvalue weighted by Crippen LogP contribution is -2.28. The number of hydrogen-bond donors (Lipinski definition) is 2. The van der Waals surface area contributed by atoms with E-state index in [1.54, 1.807) is 34.8 Å². The lowest BCUT2D eigenvalue weighted by Gasteiger charge is -2.09. The third-order valence-electron chi connectivity index (χ3n) is 4.61. The predicted octanol–water partition coefficient (Wildman–Crippen LogP) is 3.42. The molecule has 0 radical (unpaired) electrons. The van der Waals surface area contributed by atoms with Crippen molar-refractivity contribution in [2.24, 2.45) is 0 Å². The number of fused-ring (bicyclic) bond motifs is 1. The van der Waals surface area contributed by atoms with E-state index in [-0.39, 0.29) is 18.0 Å². The van der Waals surface area contributed by atoms with Crippen LogP contribution < -0.4 is 10.6 Å². The average molecular weight is 458 g/mol. The molecule has 3 aromatic rings. The molecule has 11 heteroatoms. The molecule has 10 nitrogen and oxygen atoms in total. The number of anilines is 1. The van der Waals surface area contributed by atoms with Gasteiger partial charge in [0.05, 0.1) is 29.5 Å². The zero-order valence-corrected chi connectivity index (χ0v) is 19.0. The Labute approximate surface area is 190 Å². The summed E-state index contributed by atoms with van der Waals surface area (Å²) >= 11 is 1.61. The molecule has 0 atom stereocenters. The monoisotopic (exact) mass is 457 g/mol. The maximum Gasteiger partial charge on any atom is 0.269 e. The highest BCUT2D eigenvalue weighted by Gasteiger charge is 2.14. The minimum absolute atomic E-state index is 0.00553. The van der Waals surface area contributed by atoms with Crippen molar-refractivity contribution >= 4 is 40.2 Å². The zero-order chi connectivity index (χ0) is 22.9. The molecular weight excluding hydrogens is 430 g/mol. The van der Waals surface area contributed by atoms with Gasteiger partial charge in [0, 0.05) is 31.0 Å². The van der Waals surface area contributed by atoms with Crippen LogP contribution in [0.1, 0.15) is 32.3 Å². The molecule has 0 saturated carbocycles. The van der Waals surface area contributed by atoms with Crippen LogP contribution in [0.25, 0.3) is 11.0 Å². The summed E-state index contributed by atoms with van der Waals surface area (Å²) in [5.74, 6) is 1.56. The van der Waals surface area contributed by atoms with Gasteiger partial charge in [-0.2, -0.15) is 5.10 Å². The number of aromatic nitrogens is 4. The summed E-state index contributed by atoms with van der Waals surface area (Å²) in [7, 11) is 0. The zero-order valence-electron chi connectivity index (χ0n) is 18.2. The molecule has 3 rings (SSSR count). The molecule has 0 unspecified atom stereocenters. The summed E-state index contributed by atoms with van der Waals surface area (Å²) in [6, 6.07) is 5.99. The molecule has 32 heavy (non-hydrogen) atoms. The summed E-state index contributed by atoms with van der Waals surface area (Å²) in [6.45, 7) is 5.89. The number of nitro groups is 1. The van der Waals surface area contributed by atoms with Gasteiger partial charge in [-0.3, -0.25) is 14.9 Å². The summed E-state index contributed by atoms with van der Waals surface area (Å²) in [5.41, 5.74) is 1.46. The van der Waals surface area contributed by atoms with Crippen LogP contribution in [0.3, 0.4) is 0 Å². The fourth-order valence-electron chi connectivity index (χ4n) is 3.02. The van der Waals surface area contributed by atoms with Crippen LogP contribution in [0.4, 0.5) is 11.5 Å². The Morgan fingerprint density at radius 2 is 1.94 bits per heavy atom. The fourth-order valence-corrected chi connectivity index (χ4v) is 3.71. The number of nitro benzene ring substituents is 1. The number of hydrogen-bond acceptors (Lipinski definition) is 8. The number of rotatable bonds is 12. The molecule has 0 fully saturated rings. The highest BCUT2D eigenvalue weighted by atomic mass is 32.2. The molecule has 0 aliphatic heterocycles. The van der Waals surface area contributed by atoms with Gasteiger partial charge in [-0.05, 0) is 18.4 Å². The van der Waals surface area contributed by atoms with Gasteiger partial charge >= 0.3 is 0 Å². The molecule has 0 bridgehead atoms. The van der Waals surface area contributed by atoms with Gasteiger partial charge in [0.2, 0.25) is 5.91 Å². The van der Waals surface area contributed by atoms with Crippen molar-refractivity contribution in [1.82, 2.24) is 25.1 Å². The van der Waals surface area contributed by atoms with Crippen molar-refractivity contribution in [1.29, 1.82) is 0 Å². The number of nitrogens with zero attached hydrogens (tertiary/aromatic N) is 5. The van der Waals surface area contributed by atoms with Gasteiger partial charge in [-0.1, -0.05) is 37.7 Å². The number of amides is 1. The Kier molecular flexibility index (Phi) is 8.37. The first kappa shape index (κ1) is 23.5. The summed E-state index contributed by atoms with van der Waals surface area (Å²) < 4.78 is 1.77. The van der Waals surface area contributed by atoms with E-state index in [0.29, 0.717) is 18.2 Å². The lowest BCUT2D eigenvalue weighted by molar-refractivity contribution is -0.384. The molecule has 2 heterocycles. The second kappa shape index (κ2) is 11.4. The van der Waals surface area contributed by atoms with Crippen molar-refractivity contribution in [3.05, 3.63) is 46.1 Å². The smallest absolute Gasteiger partial charge is 0.269 e. The Bertz CT molecular complexity index is 1070. The largest absolute Gasteiger partial charge is 0.369 e. The number of carbonyl (C=O) groups is 1. The Morgan fingerprint density at radius 1 is 1.16 bits per heavy atom. The molecular formula is C21H27N7O3S. The second-order valence-electron chi connectivity index (χ2n) is 7.19. The average Bonchev–Trinajstić information content (AvgIpc) is 3.19. The topological polar surface area (TPSA) is 128 Å². The number of carbonyl (C=O) groups excluding carboxylic acids is 1. The van der Waals surface area contributed by atoms with Gasteiger partial charge in [-0.25, -0.2) is 14.6 Å². The highest BCUT2D eigenvalue weighted by Crippen LogP contribution is 2.24. The maximum atomic E-state index is 12.3. The number of non-ortho nitro benzene ring substituents is 1. The normalized spacial score (nSPS) is 10.9. The van der Waals surface area contributed by atoms with Crippen LogP contribution in [0, 0.1) is 10.1 Å². The van der Waals surface area contributed by atoms with Gasteiger partial charge in [0.1, 0.15) is 5.82 Å². The van der Waals surface area contributed by atoms with Crippen LogP contribution >= 0.6 is 11.8 Å². The van der Waals surface area contributed by atoms with Gasteiger partial charge in [0.15, 0.2) is 10.8 Å². The first-order valence-electron chi connectivity index (χ1n) is 10.6. The van der Waals surface area contributed by atoms with Crippen LogP contribution in [0.5, 0.6) is 0 Å².